The first kappa shape index (κ1) is 21.4. The molecule has 1 unspecified atom stereocenters. The molecule has 1 aromatic carbocycles. The summed E-state index contributed by atoms with van der Waals surface area (Å²) in [6.45, 7) is 5.76. The van der Waals surface area contributed by atoms with Crippen molar-refractivity contribution < 1.29 is 9.26 Å². The molecule has 0 radical (unpaired) electrons. The Balaban J connectivity index is 0.00000312. The molecule has 2 aromatic rings. The molecule has 0 saturated carbocycles. The summed E-state index contributed by atoms with van der Waals surface area (Å²) in [6, 6.07) is 10.2. The van der Waals surface area contributed by atoms with Crippen molar-refractivity contribution in [2.45, 2.75) is 32.9 Å². The van der Waals surface area contributed by atoms with Gasteiger partial charge in [0.15, 0.2) is 11.8 Å². The zero-order chi connectivity index (χ0) is 17.2. The van der Waals surface area contributed by atoms with Crippen molar-refractivity contribution in [2.24, 2.45) is 4.99 Å². The first-order chi connectivity index (χ1) is 11.7. The summed E-state index contributed by atoms with van der Waals surface area (Å²) in [6.07, 6.45) is 0.990. The monoisotopic (exact) mass is 459 g/mol. The number of hydrogen-bond acceptors (Lipinski definition) is 5. The Labute approximate surface area is 165 Å². The van der Waals surface area contributed by atoms with Gasteiger partial charge in [0.05, 0.1) is 12.6 Å². The third-order valence-corrected chi connectivity index (χ3v) is 3.46. The van der Waals surface area contributed by atoms with Gasteiger partial charge in [-0.05, 0) is 18.9 Å². The van der Waals surface area contributed by atoms with E-state index >= 15 is 0 Å². The lowest BCUT2D eigenvalue weighted by atomic mass is 10.1. The summed E-state index contributed by atoms with van der Waals surface area (Å²) < 4.78 is 10.8. The molecule has 8 heteroatoms. The lowest BCUT2D eigenvalue weighted by Gasteiger charge is -2.14. The van der Waals surface area contributed by atoms with Crippen LogP contribution in [0.15, 0.2) is 39.8 Å². The highest BCUT2D eigenvalue weighted by atomic mass is 127. The second-order valence-electron chi connectivity index (χ2n) is 5.36. The second-order valence-corrected chi connectivity index (χ2v) is 5.36. The number of guanidine groups is 1. The van der Waals surface area contributed by atoms with Crippen molar-refractivity contribution in [1.29, 1.82) is 0 Å². The smallest absolute Gasteiger partial charge is 0.223 e. The number of aliphatic imine (C=N–C) groups is 1. The van der Waals surface area contributed by atoms with Crippen LogP contribution < -0.4 is 10.6 Å². The van der Waals surface area contributed by atoms with Crippen molar-refractivity contribution >= 4 is 29.9 Å². The van der Waals surface area contributed by atoms with Gasteiger partial charge in [0, 0.05) is 27.1 Å². The molecule has 0 amide bonds. The molecule has 1 heterocycles. The average Bonchev–Trinajstić information content (AvgIpc) is 3.03. The van der Waals surface area contributed by atoms with Crippen LogP contribution in [0.4, 0.5) is 0 Å². The maximum absolute atomic E-state index is 5.84. The summed E-state index contributed by atoms with van der Waals surface area (Å²) >= 11 is 0. The molecule has 0 fully saturated rings. The van der Waals surface area contributed by atoms with Crippen LogP contribution in [0.2, 0.25) is 0 Å². The van der Waals surface area contributed by atoms with E-state index in [0.29, 0.717) is 30.8 Å². The third kappa shape index (κ3) is 7.82. The molecule has 138 valence electrons. The molecule has 2 rings (SSSR count). The normalized spacial score (nSPS) is 12.4. The van der Waals surface area contributed by atoms with Gasteiger partial charge in [0.1, 0.15) is 0 Å². The lowest BCUT2D eigenvalue weighted by Crippen LogP contribution is -2.37. The Morgan fingerprint density at radius 2 is 2.04 bits per heavy atom. The van der Waals surface area contributed by atoms with E-state index in [-0.39, 0.29) is 30.1 Å². The van der Waals surface area contributed by atoms with Gasteiger partial charge in [-0.1, -0.05) is 35.5 Å². The Hall–Kier alpha value is -1.68. The Bertz CT molecular complexity index is 633. The fourth-order valence-corrected chi connectivity index (χ4v) is 2.16. The van der Waals surface area contributed by atoms with Crippen molar-refractivity contribution in [3.05, 3.63) is 47.6 Å². The van der Waals surface area contributed by atoms with Crippen molar-refractivity contribution in [1.82, 2.24) is 20.8 Å². The predicted octanol–water partition coefficient (Wildman–Crippen LogP) is 2.83. The fourth-order valence-electron chi connectivity index (χ4n) is 2.16. The van der Waals surface area contributed by atoms with Crippen LogP contribution >= 0.6 is 24.0 Å². The van der Waals surface area contributed by atoms with E-state index in [1.165, 1.54) is 5.56 Å². The maximum Gasteiger partial charge on any atom is 0.223 e. The van der Waals surface area contributed by atoms with Gasteiger partial charge in [-0.25, -0.2) is 0 Å². The first-order valence-corrected chi connectivity index (χ1v) is 8.09. The highest BCUT2D eigenvalue weighted by molar-refractivity contribution is 14.0. The molecule has 0 aliphatic rings. The molecule has 7 nitrogen and oxygen atoms in total. The van der Waals surface area contributed by atoms with Crippen LogP contribution in [-0.2, 0) is 11.3 Å². The molecular weight excluding hydrogens is 433 g/mol. The fraction of sp³-hybridized carbons (Fsp3) is 0.471. The van der Waals surface area contributed by atoms with Crippen molar-refractivity contribution in [3.63, 3.8) is 0 Å². The number of hydrogen-bond donors (Lipinski definition) is 2. The Kier molecular flexibility index (Phi) is 10.1. The number of ether oxygens (including phenoxy) is 1. The zero-order valence-corrected chi connectivity index (χ0v) is 17.2. The SMILES string of the molecule is CN=C(NCCCOC(C)c1ccccc1)NCc1noc(C)n1.I. The highest BCUT2D eigenvalue weighted by Gasteiger charge is 2.05. The van der Waals surface area contributed by atoms with Crippen LogP contribution in [0.3, 0.4) is 0 Å². The van der Waals surface area contributed by atoms with Gasteiger partial charge < -0.3 is 19.9 Å². The molecule has 0 bridgehead atoms. The van der Waals surface area contributed by atoms with Crippen LogP contribution in [-0.4, -0.2) is 36.3 Å². The molecular formula is C17H26IN5O2. The van der Waals surface area contributed by atoms with E-state index in [2.05, 4.69) is 44.8 Å². The van der Waals surface area contributed by atoms with Crippen LogP contribution in [0.25, 0.3) is 0 Å². The van der Waals surface area contributed by atoms with E-state index in [9.17, 15) is 0 Å². The highest BCUT2D eigenvalue weighted by Crippen LogP contribution is 2.15. The van der Waals surface area contributed by atoms with Crippen molar-refractivity contribution in [2.75, 3.05) is 20.2 Å². The van der Waals surface area contributed by atoms with Crippen LogP contribution in [0, 0.1) is 6.92 Å². The summed E-state index contributed by atoms with van der Waals surface area (Å²) in [4.78, 5) is 8.29. The molecule has 25 heavy (non-hydrogen) atoms. The van der Waals surface area contributed by atoms with E-state index in [1.807, 2.05) is 18.2 Å². The average molecular weight is 459 g/mol. The summed E-state index contributed by atoms with van der Waals surface area (Å²) in [7, 11) is 1.73. The number of nitrogens with zero attached hydrogens (tertiary/aromatic N) is 3. The van der Waals surface area contributed by atoms with Gasteiger partial charge in [-0.2, -0.15) is 4.98 Å². The van der Waals surface area contributed by atoms with Gasteiger partial charge >= 0.3 is 0 Å². The van der Waals surface area contributed by atoms with Gasteiger partial charge in [0.25, 0.3) is 0 Å². The number of nitrogens with one attached hydrogen (secondary N) is 2. The van der Waals surface area contributed by atoms with Gasteiger partial charge in [0.2, 0.25) is 5.89 Å². The topological polar surface area (TPSA) is 84.6 Å². The third-order valence-electron chi connectivity index (χ3n) is 3.46. The standard InChI is InChI=1S/C17H25N5O2.HI/c1-13(15-8-5-4-6-9-15)23-11-7-10-19-17(18-3)20-12-16-21-14(2)24-22-16;/h4-6,8-9,13H,7,10-12H2,1-3H3,(H2,18,19,20);1H. The number of aromatic nitrogens is 2. The van der Waals surface area contributed by atoms with E-state index in [1.54, 1.807) is 14.0 Å². The van der Waals surface area contributed by atoms with Gasteiger partial charge in [-0.3, -0.25) is 4.99 Å². The number of halogens is 1. The van der Waals surface area contributed by atoms with E-state index in [0.717, 1.165) is 13.0 Å². The van der Waals surface area contributed by atoms with Crippen LogP contribution in [0.5, 0.6) is 0 Å². The zero-order valence-electron chi connectivity index (χ0n) is 14.9. The molecule has 1 aromatic heterocycles. The second kappa shape index (κ2) is 11.8. The van der Waals surface area contributed by atoms with E-state index < -0.39 is 0 Å². The minimum absolute atomic E-state index is 0. The van der Waals surface area contributed by atoms with Gasteiger partial charge in [-0.15, -0.1) is 24.0 Å². The largest absolute Gasteiger partial charge is 0.374 e. The summed E-state index contributed by atoms with van der Waals surface area (Å²) in [5, 5.41) is 10.2. The summed E-state index contributed by atoms with van der Waals surface area (Å²) in [5.41, 5.74) is 1.19. The van der Waals surface area contributed by atoms with Crippen LogP contribution in [0.1, 0.15) is 36.7 Å². The molecule has 2 N–H and O–H groups in total. The lowest BCUT2D eigenvalue weighted by molar-refractivity contribution is 0.0646. The maximum atomic E-state index is 5.84. The molecule has 0 aliphatic carbocycles. The molecule has 1 atom stereocenters. The quantitative estimate of drug-likeness (QED) is 0.274. The molecule has 0 spiro atoms. The Morgan fingerprint density at radius 1 is 1.28 bits per heavy atom. The predicted molar refractivity (Wildman–Crippen MR) is 108 cm³/mol. The summed E-state index contributed by atoms with van der Waals surface area (Å²) in [5.74, 6) is 1.86. The first-order valence-electron chi connectivity index (χ1n) is 8.09. The minimum atomic E-state index is 0. The van der Waals surface area contributed by atoms with Crippen molar-refractivity contribution in [3.8, 4) is 0 Å². The number of benzene rings is 1. The Morgan fingerprint density at radius 3 is 2.68 bits per heavy atom. The number of aryl methyl sites for hydroxylation is 1. The molecule has 0 aliphatic heterocycles. The van der Waals surface area contributed by atoms with E-state index in [4.69, 9.17) is 9.26 Å². The minimum Gasteiger partial charge on any atom is -0.374 e. The number of rotatable bonds is 8. The molecule has 0 saturated heterocycles.